The summed E-state index contributed by atoms with van der Waals surface area (Å²) in [5.74, 6) is -2.29. The minimum absolute atomic E-state index is 0.0303. The number of aliphatic hydroxyl groups is 1. The Balaban J connectivity index is 5.41. The third kappa shape index (κ3) is 77.1. The Morgan fingerprint density at radius 1 is 0.274 bits per heavy atom. The van der Waals surface area contributed by atoms with Crippen LogP contribution in [0.4, 0.5) is 0 Å². The molecule has 5 atom stereocenters. The number of carbonyl (C=O) groups excluding carboxylic acids is 4. The van der Waals surface area contributed by atoms with Crippen molar-refractivity contribution in [2.24, 2.45) is 0 Å². The molecule has 0 radical (unpaired) electrons. The molecular weight excluding hydrogens is 1380 g/mol. The molecule has 0 aromatic carbocycles. The average Bonchev–Trinajstić information content (AvgIpc) is 0.919. The molecule has 19 heteroatoms. The molecule has 0 saturated heterocycles. The number of hydrogen-bond donors (Lipinski definition) is 3. The molecule has 0 aliphatic heterocycles. The summed E-state index contributed by atoms with van der Waals surface area (Å²) in [7, 11) is -9.99. The van der Waals surface area contributed by atoms with Crippen LogP contribution in [0.2, 0.25) is 0 Å². The summed E-state index contributed by atoms with van der Waals surface area (Å²) >= 11 is 0. The molecule has 0 spiro atoms. The monoisotopic (exact) mass is 1530 g/mol. The molecule has 0 aromatic heterocycles. The molecule has 106 heavy (non-hydrogen) atoms. The number of rotatable bonds is 76. The molecule has 0 aliphatic carbocycles. The smallest absolute Gasteiger partial charge is 0.462 e. The number of phosphoric acid groups is 2. The Kier molecular flexibility index (Phi) is 74.3. The van der Waals surface area contributed by atoms with Crippen LogP contribution in [-0.2, 0) is 65.4 Å². The van der Waals surface area contributed by atoms with E-state index in [-0.39, 0.29) is 25.7 Å². The Morgan fingerprint density at radius 3 is 0.830 bits per heavy atom. The number of carbonyl (C=O) groups is 4. The molecule has 17 nitrogen and oxygen atoms in total. The zero-order valence-electron chi connectivity index (χ0n) is 66.3. The van der Waals surface area contributed by atoms with Crippen molar-refractivity contribution in [2.45, 2.75) is 341 Å². The van der Waals surface area contributed by atoms with Gasteiger partial charge in [-0.25, -0.2) is 9.13 Å². The lowest BCUT2D eigenvalue weighted by atomic mass is 10.1. The first kappa shape index (κ1) is 101. The fraction of sp³-hybridized carbons (Fsp3) is 0.678. The zero-order valence-corrected chi connectivity index (χ0v) is 68.1. The van der Waals surface area contributed by atoms with E-state index in [1.807, 2.05) is 18.2 Å². The number of allylic oxidation sites excluding steroid dienone is 24. The van der Waals surface area contributed by atoms with Crippen LogP contribution in [-0.4, -0.2) is 96.7 Å². The van der Waals surface area contributed by atoms with Crippen molar-refractivity contribution in [1.29, 1.82) is 0 Å². The Bertz CT molecular complexity index is 2580. The lowest BCUT2D eigenvalue weighted by molar-refractivity contribution is -0.161. The van der Waals surface area contributed by atoms with Crippen molar-refractivity contribution >= 4 is 39.5 Å². The number of hydrogen-bond acceptors (Lipinski definition) is 15. The van der Waals surface area contributed by atoms with Crippen LogP contribution >= 0.6 is 15.6 Å². The molecule has 0 aromatic rings. The molecule has 0 fully saturated rings. The summed E-state index contributed by atoms with van der Waals surface area (Å²) in [6.07, 6.45) is 89.8. The van der Waals surface area contributed by atoms with Gasteiger partial charge < -0.3 is 33.8 Å². The number of esters is 4. The summed E-state index contributed by atoms with van der Waals surface area (Å²) in [5, 5.41) is 10.6. The van der Waals surface area contributed by atoms with Gasteiger partial charge in [0.2, 0.25) is 0 Å². The van der Waals surface area contributed by atoms with E-state index in [0.29, 0.717) is 32.1 Å². The number of phosphoric ester groups is 2. The quantitative estimate of drug-likeness (QED) is 0.0169. The molecule has 606 valence electrons. The molecule has 0 heterocycles. The molecule has 0 saturated carbocycles. The van der Waals surface area contributed by atoms with Gasteiger partial charge in [-0.3, -0.25) is 37.3 Å². The first-order valence-electron chi connectivity index (χ1n) is 41.1. The first-order valence-corrected chi connectivity index (χ1v) is 44.1. The third-order valence-electron chi connectivity index (χ3n) is 16.8. The van der Waals surface area contributed by atoms with Gasteiger partial charge in [0.25, 0.3) is 0 Å². The highest BCUT2D eigenvalue weighted by atomic mass is 31.2. The second-order valence-electron chi connectivity index (χ2n) is 27.0. The zero-order chi connectivity index (χ0) is 77.4. The maximum atomic E-state index is 13.1. The SMILES string of the molecule is CC/C=C\C/C=C\C/C=C\C/C=C\C/C=C\C/C=C\CCC(=O)OCC(COP(=O)(O)OCC(O)COP(=O)(O)OCC(COC(=O)CCCCCCCC/C=C\C/C=C\C/C=C\CCCCC)OC(=O)CCCCCCCCCCCCC)OC(=O)CCCCCCCCC/C=C\C/C=C\C/C=C\CC. The fourth-order valence-corrected chi connectivity index (χ4v) is 12.2. The molecule has 5 unspecified atom stereocenters. The Hall–Kier alpha value is -5.06. The topological polar surface area (TPSA) is 237 Å². The number of aliphatic hydroxyl groups excluding tert-OH is 1. The second-order valence-corrected chi connectivity index (χ2v) is 29.9. The van der Waals surface area contributed by atoms with E-state index in [9.17, 15) is 43.2 Å². The predicted molar refractivity (Wildman–Crippen MR) is 436 cm³/mol. The summed E-state index contributed by atoms with van der Waals surface area (Å²) < 4.78 is 68.6. The van der Waals surface area contributed by atoms with Crippen LogP contribution in [0.3, 0.4) is 0 Å². The van der Waals surface area contributed by atoms with E-state index in [4.69, 9.17) is 37.0 Å². The first-order chi connectivity index (χ1) is 51.7. The maximum Gasteiger partial charge on any atom is 0.472 e. The van der Waals surface area contributed by atoms with Crippen molar-refractivity contribution in [1.82, 2.24) is 0 Å². The lowest BCUT2D eigenvalue weighted by Crippen LogP contribution is -2.30. The van der Waals surface area contributed by atoms with E-state index in [1.54, 1.807) is 0 Å². The highest BCUT2D eigenvalue weighted by Gasteiger charge is 2.30. The van der Waals surface area contributed by atoms with Gasteiger partial charge in [-0.15, -0.1) is 0 Å². The summed E-state index contributed by atoms with van der Waals surface area (Å²) in [6.45, 7) is 4.52. The fourth-order valence-electron chi connectivity index (χ4n) is 10.6. The van der Waals surface area contributed by atoms with Crippen LogP contribution in [0.1, 0.15) is 323 Å². The van der Waals surface area contributed by atoms with E-state index in [2.05, 4.69) is 155 Å². The third-order valence-corrected chi connectivity index (χ3v) is 18.7. The molecule has 0 bridgehead atoms. The van der Waals surface area contributed by atoms with Crippen LogP contribution in [0, 0.1) is 0 Å². The normalized spacial score (nSPS) is 14.6. The predicted octanol–water partition coefficient (Wildman–Crippen LogP) is 24.2. The van der Waals surface area contributed by atoms with E-state index >= 15 is 0 Å². The van der Waals surface area contributed by atoms with Gasteiger partial charge in [-0.1, -0.05) is 308 Å². The van der Waals surface area contributed by atoms with Gasteiger partial charge >= 0.3 is 39.5 Å². The lowest BCUT2D eigenvalue weighted by Gasteiger charge is -2.21. The summed E-state index contributed by atoms with van der Waals surface area (Å²) in [6, 6.07) is 0. The van der Waals surface area contributed by atoms with Gasteiger partial charge in [0.15, 0.2) is 12.2 Å². The van der Waals surface area contributed by atoms with Gasteiger partial charge in [-0.2, -0.15) is 0 Å². The Morgan fingerprint density at radius 2 is 0.509 bits per heavy atom. The largest absolute Gasteiger partial charge is 0.472 e. The molecular formula is C87H146O17P2. The maximum absolute atomic E-state index is 13.1. The van der Waals surface area contributed by atoms with Gasteiger partial charge in [0.1, 0.15) is 19.3 Å². The van der Waals surface area contributed by atoms with E-state index in [1.165, 1.54) is 57.8 Å². The van der Waals surface area contributed by atoms with Crippen molar-refractivity contribution < 1.29 is 80.2 Å². The second kappa shape index (κ2) is 78.1. The van der Waals surface area contributed by atoms with Crippen LogP contribution in [0.5, 0.6) is 0 Å². The standard InChI is InChI=1S/C87H146O17P2/c1-5-9-13-17-21-25-29-32-35-38-40-43-45-48-52-55-59-63-67-71-84(89)97-77-82(103-86(91)73-69-65-61-57-51-28-24-20-16-12-8-4)79-101-105(93,94)99-75-81(88)76-100-106(95,96)102-80-83(104-87(92)74-70-66-62-58-54-50-47-42-37-34-31-27-23-19-15-11-7-3)78-98-85(90)72-68-64-60-56-53-49-46-44-41-39-36-33-30-26-22-18-14-10-6-2/h10-11,14-15,21-23,25-27,32-37,40-41,43-44,49,53,60,64,81-83,88H,5-9,12-13,16-20,24,28-31,38-39,42,45-48,50-52,54-59,61-63,65-80H2,1-4H3,(H,93,94)(H,95,96)/b14-10-,15-11-,25-21-,26-22-,27-23-,35-32-,36-33-,37-34-,43-40-,44-41-,53-49-,64-60-. The van der Waals surface area contributed by atoms with Gasteiger partial charge in [0, 0.05) is 25.7 Å². The number of ether oxygens (including phenoxy) is 4. The average molecular weight is 1530 g/mol. The highest BCUT2D eigenvalue weighted by Crippen LogP contribution is 2.45. The highest BCUT2D eigenvalue weighted by molar-refractivity contribution is 7.47. The molecule has 3 N–H and O–H groups in total. The van der Waals surface area contributed by atoms with Crippen LogP contribution in [0.25, 0.3) is 0 Å². The van der Waals surface area contributed by atoms with Crippen molar-refractivity contribution in [3.63, 3.8) is 0 Å². The minimum Gasteiger partial charge on any atom is -0.462 e. The Labute approximate surface area is 643 Å². The molecule has 0 aliphatic rings. The van der Waals surface area contributed by atoms with Crippen LogP contribution < -0.4 is 0 Å². The van der Waals surface area contributed by atoms with Crippen molar-refractivity contribution in [3.05, 3.63) is 146 Å². The van der Waals surface area contributed by atoms with E-state index in [0.717, 1.165) is 180 Å². The van der Waals surface area contributed by atoms with Crippen molar-refractivity contribution in [2.75, 3.05) is 39.6 Å². The minimum atomic E-state index is -5.00. The van der Waals surface area contributed by atoms with Crippen LogP contribution in [0.15, 0.2) is 146 Å². The molecule has 0 rings (SSSR count). The number of unbranched alkanes of at least 4 members (excludes halogenated alkanes) is 26. The summed E-state index contributed by atoms with van der Waals surface area (Å²) in [4.78, 5) is 73.0. The molecule has 0 amide bonds. The van der Waals surface area contributed by atoms with Crippen molar-refractivity contribution in [3.8, 4) is 0 Å². The van der Waals surface area contributed by atoms with Gasteiger partial charge in [-0.05, 0) is 135 Å². The van der Waals surface area contributed by atoms with Gasteiger partial charge in [0.05, 0.1) is 26.4 Å². The van der Waals surface area contributed by atoms with E-state index < -0.39 is 97.5 Å². The summed E-state index contributed by atoms with van der Waals surface area (Å²) in [5.41, 5.74) is 0.